The Morgan fingerprint density at radius 1 is 1.23 bits per heavy atom. The lowest BCUT2D eigenvalue weighted by Gasteiger charge is -2.27. The molecule has 2 atom stereocenters. The number of aliphatic hydroxyl groups is 1. The predicted molar refractivity (Wildman–Crippen MR) is 95.8 cm³/mol. The van der Waals surface area contributed by atoms with Crippen molar-refractivity contribution in [3.05, 3.63) is 54.1 Å². The van der Waals surface area contributed by atoms with Crippen LogP contribution in [0.4, 0.5) is 0 Å². The number of benzene rings is 2. The Bertz CT molecular complexity index is 893. The van der Waals surface area contributed by atoms with Crippen LogP contribution in [0.2, 0.25) is 0 Å². The molecule has 1 heterocycles. The fraction of sp³-hybridized carbons (Fsp3) is 0.316. The molecule has 2 N–H and O–H groups in total. The number of hydrogen-bond donors (Lipinski definition) is 2. The minimum absolute atomic E-state index is 0.177. The van der Waals surface area contributed by atoms with Gasteiger partial charge in [0.25, 0.3) is 0 Å². The number of aryl methyl sites for hydroxylation is 1. The van der Waals surface area contributed by atoms with Crippen LogP contribution in [0.1, 0.15) is 18.9 Å². The van der Waals surface area contributed by atoms with Crippen LogP contribution in [0.3, 0.4) is 0 Å². The highest BCUT2D eigenvalue weighted by atomic mass is 32.2. The molecule has 0 aromatic heterocycles. The molecule has 0 spiro atoms. The van der Waals surface area contributed by atoms with E-state index in [2.05, 4.69) is 5.32 Å². The third-order valence-electron chi connectivity index (χ3n) is 4.32. The zero-order chi connectivity index (χ0) is 18.7. The molecule has 0 saturated heterocycles. The van der Waals surface area contributed by atoms with Gasteiger partial charge in [0.1, 0.15) is 18.0 Å². The van der Waals surface area contributed by atoms with Crippen molar-refractivity contribution in [1.29, 1.82) is 0 Å². The Labute approximate surface area is 152 Å². The van der Waals surface area contributed by atoms with Crippen molar-refractivity contribution >= 4 is 15.7 Å². The SMILES string of the molecule is CC(O)C(=O)NCC1CCc2ccc(S(=O)(=O)c3ccccc3)cc2O1. The molecule has 1 aliphatic heterocycles. The Morgan fingerprint density at radius 2 is 1.96 bits per heavy atom. The first kappa shape index (κ1) is 18.4. The Balaban J connectivity index is 1.79. The van der Waals surface area contributed by atoms with Gasteiger partial charge in [0.05, 0.1) is 16.3 Å². The average molecular weight is 375 g/mol. The molecule has 1 aliphatic rings. The summed E-state index contributed by atoms with van der Waals surface area (Å²) in [7, 11) is -3.61. The number of carbonyl (C=O) groups excluding carboxylic acids is 1. The van der Waals surface area contributed by atoms with E-state index in [0.717, 1.165) is 12.0 Å². The summed E-state index contributed by atoms with van der Waals surface area (Å²) in [5, 5.41) is 11.8. The first-order valence-electron chi connectivity index (χ1n) is 8.43. The van der Waals surface area contributed by atoms with E-state index in [1.165, 1.54) is 6.92 Å². The van der Waals surface area contributed by atoms with E-state index in [1.54, 1.807) is 48.5 Å². The number of rotatable bonds is 5. The molecule has 7 heteroatoms. The lowest BCUT2D eigenvalue weighted by Crippen LogP contribution is -2.41. The molecule has 0 radical (unpaired) electrons. The third-order valence-corrected chi connectivity index (χ3v) is 6.08. The molecule has 26 heavy (non-hydrogen) atoms. The zero-order valence-corrected chi connectivity index (χ0v) is 15.2. The molecule has 6 nitrogen and oxygen atoms in total. The van der Waals surface area contributed by atoms with Crippen molar-refractivity contribution in [3.63, 3.8) is 0 Å². The van der Waals surface area contributed by atoms with E-state index >= 15 is 0 Å². The molecule has 3 rings (SSSR count). The van der Waals surface area contributed by atoms with Gasteiger partial charge in [0.2, 0.25) is 15.7 Å². The standard InChI is InChI=1S/C19H21NO5S/c1-13(21)19(22)20-12-15-9-7-14-8-10-17(11-18(14)25-15)26(23,24)16-5-3-2-4-6-16/h2-6,8,10-11,13,15,21H,7,9,12H2,1H3,(H,20,22). The third kappa shape index (κ3) is 3.89. The van der Waals surface area contributed by atoms with Gasteiger partial charge in [-0.2, -0.15) is 0 Å². The van der Waals surface area contributed by atoms with Crippen LogP contribution in [0.5, 0.6) is 5.75 Å². The lowest BCUT2D eigenvalue weighted by atomic mass is 10.0. The van der Waals surface area contributed by atoms with Gasteiger partial charge in [-0.05, 0) is 49.6 Å². The molecule has 0 aliphatic carbocycles. The monoisotopic (exact) mass is 375 g/mol. The largest absolute Gasteiger partial charge is 0.488 e. The molecule has 1 amide bonds. The zero-order valence-electron chi connectivity index (χ0n) is 14.4. The number of carbonyl (C=O) groups is 1. The molecular formula is C19H21NO5S. The summed E-state index contributed by atoms with van der Waals surface area (Å²) in [5.74, 6) is 0.0596. The van der Waals surface area contributed by atoms with E-state index in [-0.39, 0.29) is 22.4 Å². The Morgan fingerprint density at radius 3 is 2.65 bits per heavy atom. The van der Waals surface area contributed by atoms with Crippen molar-refractivity contribution in [2.45, 2.75) is 41.8 Å². The quantitative estimate of drug-likeness (QED) is 0.830. The summed E-state index contributed by atoms with van der Waals surface area (Å²) < 4.78 is 31.4. The number of sulfone groups is 1. The van der Waals surface area contributed by atoms with Crippen LogP contribution in [0.25, 0.3) is 0 Å². The van der Waals surface area contributed by atoms with Gasteiger partial charge in [-0.3, -0.25) is 4.79 Å². The first-order valence-corrected chi connectivity index (χ1v) is 9.92. The van der Waals surface area contributed by atoms with Gasteiger partial charge in [0.15, 0.2) is 0 Å². The number of amides is 1. The molecule has 2 aromatic carbocycles. The fourth-order valence-electron chi connectivity index (χ4n) is 2.81. The second-order valence-corrected chi connectivity index (χ2v) is 8.24. The first-order chi connectivity index (χ1) is 12.4. The van der Waals surface area contributed by atoms with Crippen molar-refractivity contribution in [2.24, 2.45) is 0 Å². The minimum Gasteiger partial charge on any atom is -0.488 e. The van der Waals surface area contributed by atoms with E-state index in [4.69, 9.17) is 4.74 Å². The van der Waals surface area contributed by atoms with Gasteiger partial charge in [-0.1, -0.05) is 24.3 Å². The summed E-state index contributed by atoms with van der Waals surface area (Å²) >= 11 is 0. The van der Waals surface area contributed by atoms with Gasteiger partial charge in [-0.25, -0.2) is 8.42 Å². The van der Waals surface area contributed by atoms with Crippen LogP contribution in [0, 0.1) is 0 Å². The highest BCUT2D eigenvalue weighted by Crippen LogP contribution is 2.32. The normalized spacial score (nSPS) is 17.7. The maximum absolute atomic E-state index is 12.8. The second-order valence-electron chi connectivity index (χ2n) is 6.29. The summed E-state index contributed by atoms with van der Waals surface area (Å²) in [6, 6.07) is 13.2. The van der Waals surface area contributed by atoms with Crippen LogP contribution in [-0.2, 0) is 21.1 Å². The van der Waals surface area contributed by atoms with Gasteiger partial charge in [0, 0.05) is 0 Å². The summed E-state index contributed by atoms with van der Waals surface area (Å²) in [5.41, 5.74) is 0.940. The van der Waals surface area contributed by atoms with Gasteiger partial charge < -0.3 is 15.2 Å². The van der Waals surface area contributed by atoms with E-state index in [9.17, 15) is 18.3 Å². The summed E-state index contributed by atoms with van der Waals surface area (Å²) in [4.78, 5) is 11.9. The molecule has 2 aromatic rings. The Kier molecular flexibility index (Phi) is 5.29. The fourth-order valence-corrected chi connectivity index (χ4v) is 4.11. The number of nitrogens with one attached hydrogen (secondary N) is 1. The highest BCUT2D eigenvalue weighted by Gasteiger charge is 2.24. The molecule has 2 unspecified atom stereocenters. The minimum atomic E-state index is -3.61. The smallest absolute Gasteiger partial charge is 0.248 e. The maximum atomic E-state index is 12.8. The number of hydrogen-bond acceptors (Lipinski definition) is 5. The second kappa shape index (κ2) is 7.47. The van der Waals surface area contributed by atoms with E-state index in [0.29, 0.717) is 12.2 Å². The van der Waals surface area contributed by atoms with Gasteiger partial charge >= 0.3 is 0 Å². The lowest BCUT2D eigenvalue weighted by molar-refractivity contribution is -0.128. The molecule has 0 saturated carbocycles. The van der Waals surface area contributed by atoms with Crippen LogP contribution >= 0.6 is 0 Å². The van der Waals surface area contributed by atoms with E-state index in [1.807, 2.05) is 0 Å². The van der Waals surface area contributed by atoms with E-state index < -0.39 is 21.8 Å². The number of aliphatic hydroxyl groups excluding tert-OH is 1. The number of ether oxygens (including phenoxy) is 1. The highest BCUT2D eigenvalue weighted by molar-refractivity contribution is 7.91. The molecular weight excluding hydrogens is 354 g/mol. The summed E-state index contributed by atoms with van der Waals surface area (Å²) in [6.45, 7) is 1.66. The molecule has 0 fully saturated rings. The Hall–Kier alpha value is -2.38. The van der Waals surface area contributed by atoms with Crippen molar-refractivity contribution in [2.75, 3.05) is 6.54 Å². The van der Waals surface area contributed by atoms with Crippen molar-refractivity contribution < 1.29 is 23.1 Å². The van der Waals surface area contributed by atoms with Gasteiger partial charge in [-0.15, -0.1) is 0 Å². The molecule has 138 valence electrons. The number of fused-ring (bicyclic) bond motifs is 1. The molecule has 0 bridgehead atoms. The predicted octanol–water partition coefficient (Wildman–Crippen LogP) is 1.71. The van der Waals surface area contributed by atoms with Crippen LogP contribution < -0.4 is 10.1 Å². The van der Waals surface area contributed by atoms with Crippen LogP contribution in [-0.4, -0.2) is 38.2 Å². The average Bonchev–Trinajstić information content (AvgIpc) is 2.66. The maximum Gasteiger partial charge on any atom is 0.248 e. The van der Waals surface area contributed by atoms with Crippen LogP contribution in [0.15, 0.2) is 58.3 Å². The van der Waals surface area contributed by atoms with Crippen molar-refractivity contribution in [1.82, 2.24) is 5.32 Å². The summed E-state index contributed by atoms with van der Waals surface area (Å²) in [6.07, 6.45) is 0.0991. The topological polar surface area (TPSA) is 92.7 Å². The van der Waals surface area contributed by atoms with Crippen molar-refractivity contribution in [3.8, 4) is 5.75 Å².